The summed E-state index contributed by atoms with van der Waals surface area (Å²) in [6.07, 6.45) is 1.21. The zero-order valence-corrected chi connectivity index (χ0v) is 9.64. The Hall–Kier alpha value is -2.70. The van der Waals surface area contributed by atoms with Gasteiger partial charge in [-0.1, -0.05) is 0 Å². The van der Waals surface area contributed by atoms with Gasteiger partial charge in [-0.3, -0.25) is 4.79 Å². The first-order valence-electron chi connectivity index (χ1n) is 5.06. The van der Waals surface area contributed by atoms with E-state index in [0.29, 0.717) is 17.2 Å². The third-order valence-electron chi connectivity index (χ3n) is 2.25. The lowest BCUT2D eigenvalue weighted by Crippen LogP contribution is -2.13. The van der Waals surface area contributed by atoms with E-state index < -0.39 is 5.56 Å². The van der Waals surface area contributed by atoms with Gasteiger partial charge in [0.15, 0.2) is 17.2 Å². The molecule has 2 aromatic rings. The highest BCUT2D eigenvalue weighted by Crippen LogP contribution is 2.33. The molecule has 18 heavy (non-hydrogen) atoms. The fraction of sp³-hybridized carbons (Fsp3) is 0.0909. The number of ether oxygens (including phenoxy) is 2. The van der Waals surface area contributed by atoms with E-state index in [2.05, 4.69) is 9.97 Å². The average molecular weight is 248 g/mol. The van der Waals surface area contributed by atoms with Gasteiger partial charge >= 0.3 is 0 Å². The molecule has 0 aliphatic rings. The Morgan fingerprint density at radius 2 is 2.06 bits per heavy atom. The Labute approximate surface area is 102 Å². The van der Waals surface area contributed by atoms with Crippen LogP contribution in [0.4, 0.5) is 11.4 Å². The van der Waals surface area contributed by atoms with Crippen LogP contribution in [0.5, 0.6) is 17.4 Å². The predicted octanol–water partition coefficient (Wildman–Crippen LogP) is 0.735. The Balaban J connectivity index is 2.40. The summed E-state index contributed by atoms with van der Waals surface area (Å²) in [5.41, 5.74) is 11.1. The smallest absolute Gasteiger partial charge is 0.277 e. The average Bonchev–Trinajstić information content (AvgIpc) is 2.37. The van der Waals surface area contributed by atoms with Crippen molar-refractivity contribution in [2.45, 2.75) is 0 Å². The summed E-state index contributed by atoms with van der Waals surface area (Å²) in [6, 6.07) is 4.84. The molecular weight excluding hydrogens is 236 g/mol. The number of hydrogen-bond donors (Lipinski definition) is 3. The van der Waals surface area contributed by atoms with Gasteiger partial charge in [-0.2, -0.15) is 0 Å². The number of nitrogens with two attached hydrogens (primary N) is 2. The molecule has 0 atom stereocenters. The molecule has 5 N–H and O–H groups in total. The Morgan fingerprint density at radius 3 is 2.78 bits per heavy atom. The van der Waals surface area contributed by atoms with Gasteiger partial charge in [0.05, 0.1) is 13.4 Å². The summed E-state index contributed by atoms with van der Waals surface area (Å²) in [5, 5.41) is 0. The van der Waals surface area contributed by atoms with Crippen molar-refractivity contribution in [2.24, 2.45) is 0 Å². The summed E-state index contributed by atoms with van der Waals surface area (Å²) < 4.78 is 10.5. The van der Waals surface area contributed by atoms with E-state index in [1.807, 2.05) is 0 Å². The SMILES string of the molecule is COc1cc(N)ccc1Oc1nc[nH]c(=O)c1N. The third kappa shape index (κ3) is 2.19. The van der Waals surface area contributed by atoms with Crippen LogP contribution in [0.2, 0.25) is 0 Å². The molecule has 7 heteroatoms. The van der Waals surface area contributed by atoms with Gasteiger partial charge in [-0.15, -0.1) is 0 Å². The number of rotatable bonds is 3. The van der Waals surface area contributed by atoms with E-state index in [1.165, 1.54) is 13.4 Å². The summed E-state index contributed by atoms with van der Waals surface area (Å²) in [5.74, 6) is 0.815. The van der Waals surface area contributed by atoms with Crippen molar-refractivity contribution in [3.8, 4) is 17.4 Å². The first-order valence-corrected chi connectivity index (χ1v) is 5.06. The highest BCUT2D eigenvalue weighted by Gasteiger charge is 2.11. The highest BCUT2D eigenvalue weighted by atomic mass is 16.5. The number of benzene rings is 1. The number of anilines is 2. The zero-order valence-electron chi connectivity index (χ0n) is 9.64. The van der Waals surface area contributed by atoms with Crippen LogP contribution in [0.15, 0.2) is 29.3 Å². The van der Waals surface area contributed by atoms with Crippen LogP contribution < -0.4 is 26.5 Å². The normalized spacial score (nSPS) is 10.1. The molecule has 0 unspecified atom stereocenters. The van der Waals surface area contributed by atoms with Crippen molar-refractivity contribution in [3.05, 3.63) is 34.9 Å². The maximum absolute atomic E-state index is 11.3. The molecule has 0 fully saturated rings. The van der Waals surface area contributed by atoms with Crippen LogP contribution in [0, 0.1) is 0 Å². The van der Waals surface area contributed by atoms with Gasteiger partial charge in [0.25, 0.3) is 5.56 Å². The Kier molecular flexibility index (Phi) is 3.05. The molecule has 0 aliphatic heterocycles. The summed E-state index contributed by atoms with van der Waals surface area (Å²) >= 11 is 0. The lowest BCUT2D eigenvalue weighted by atomic mass is 10.3. The van der Waals surface area contributed by atoms with Gasteiger partial charge < -0.3 is 25.9 Å². The third-order valence-corrected chi connectivity index (χ3v) is 2.25. The molecule has 0 radical (unpaired) electrons. The molecule has 1 aromatic heterocycles. The number of hydrogen-bond acceptors (Lipinski definition) is 6. The van der Waals surface area contributed by atoms with Crippen LogP contribution in [0.3, 0.4) is 0 Å². The van der Waals surface area contributed by atoms with Gasteiger partial charge in [0, 0.05) is 11.8 Å². The molecule has 94 valence electrons. The van der Waals surface area contributed by atoms with Crippen molar-refractivity contribution in [1.29, 1.82) is 0 Å². The van der Waals surface area contributed by atoms with E-state index in [0.717, 1.165) is 0 Å². The lowest BCUT2D eigenvalue weighted by molar-refractivity contribution is 0.374. The Bertz CT molecular complexity index is 624. The molecular formula is C11H12N4O3. The topological polar surface area (TPSA) is 116 Å². The van der Waals surface area contributed by atoms with Gasteiger partial charge in [0.2, 0.25) is 5.88 Å². The van der Waals surface area contributed by atoms with Crippen molar-refractivity contribution in [3.63, 3.8) is 0 Å². The molecule has 0 saturated heterocycles. The number of nitrogens with one attached hydrogen (secondary N) is 1. The standard InChI is InChI=1S/C11H12N4O3/c1-17-8-4-6(12)2-3-7(8)18-11-9(13)10(16)14-5-15-11/h2-5H,12-13H2,1H3,(H,14,15,16). The number of methoxy groups -OCH3 is 1. The largest absolute Gasteiger partial charge is 0.493 e. The Morgan fingerprint density at radius 1 is 1.28 bits per heavy atom. The molecule has 1 aromatic carbocycles. The monoisotopic (exact) mass is 248 g/mol. The maximum Gasteiger partial charge on any atom is 0.277 e. The summed E-state index contributed by atoms with van der Waals surface area (Å²) in [4.78, 5) is 17.5. The minimum absolute atomic E-state index is 0.0156. The quantitative estimate of drug-likeness (QED) is 0.689. The van der Waals surface area contributed by atoms with Crippen LogP contribution in [-0.4, -0.2) is 17.1 Å². The second kappa shape index (κ2) is 4.66. The summed E-state index contributed by atoms with van der Waals surface area (Å²) in [7, 11) is 1.48. The van der Waals surface area contributed by atoms with Crippen molar-refractivity contribution in [2.75, 3.05) is 18.6 Å². The lowest BCUT2D eigenvalue weighted by Gasteiger charge is -2.10. The van der Waals surface area contributed by atoms with Gasteiger partial charge in [-0.05, 0) is 12.1 Å². The van der Waals surface area contributed by atoms with Crippen molar-refractivity contribution in [1.82, 2.24) is 9.97 Å². The zero-order chi connectivity index (χ0) is 13.1. The predicted molar refractivity (Wildman–Crippen MR) is 66.8 cm³/mol. The van der Waals surface area contributed by atoms with E-state index in [9.17, 15) is 4.79 Å². The number of nitrogen functional groups attached to an aromatic ring is 2. The number of H-pyrrole nitrogens is 1. The molecule has 1 heterocycles. The molecule has 0 aliphatic carbocycles. The van der Waals surface area contributed by atoms with Crippen LogP contribution in [0.25, 0.3) is 0 Å². The van der Waals surface area contributed by atoms with Crippen molar-refractivity contribution < 1.29 is 9.47 Å². The van der Waals surface area contributed by atoms with E-state index in [4.69, 9.17) is 20.9 Å². The minimum atomic E-state index is -0.464. The molecule has 0 amide bonds. The van der Waals surface area contributed by atoms with Crippen molar-refractivity contribution >= 4 is 11.4 Å². The minimum Gasteiger partial charge on any atom is -0.493 e. The molecule has 2 rings (SSSR count). The van der Waals surface area contributed by atoms with Gasteiger partial charge in [-0.25, -0.2) is 4.98 Å². The van der Waals surface area contributed by atoms with E-state index >= 15 is 0 Å². The number of aromatic nitrogens is 2. The number of nitrogens with zero attached hydrogens (tertiary/aromatic N) is 1. The second-order valence-corrected chi connectivity index (χ2v) is 3.46. The fourth-order valence-electron chi connectivity index (χ4n) is 1.35. The van der Waals surface area contributed by atoms with Gasteiger partial charge in [0.1, 0.15) is 0 Å². The molecule has 0 saturated carbocycles. The second-order valence-electron chi connectivity index (χ2n) is 3.46. The maximum atomic E-state index is 11.3. The van der Waals surface area contributed by atoms with Crippen LogP contribution in [-0.2, 0) is 0 Å². The summed E-state index contributed by atoms with van der Waals surface area (Å²) in [6.45, 7) is 0. The molecule has 0 spiro atoms. The first kappa shape index (κ1) is 11.8. The molecule has 7 nitrogen and oxygen atoms in total. The van der Waals surface area contributed by atoms with E-state index in [1.54, 1.807) is 18.2 Å². The highest BCUT2D eigenvalue weighted by molar-refractivity contribution is 5.54. The number of aromatic amines is 1. The van der Waals surface area contributed by atoms with Crippen LogP contribution >= 0.6 is 0 Å². The fourth-order valence-corrected chi connectivity index (χ4v) is 1.35. The van der Waals surface area contributed by atoms with E-state index in [-0.39, 0.29) is 11.6 Å². The molecule has 0 bridgehead atoms. The van der Waals surface area contributed by atoms with Crippen LogP contribution in [0.1, 0.15) is 0 Å². The first-order chi connectivity index (χ1) is 8.61.